The highest BCUT2D eigenvalue weighted by molar-refractivity contribution is 5.74. The number of urea groups is 1. The predicted octanol–water partition coefficient (Wildman–Crippen LogP) is 2.87. The molecular weight excluding hydrogens is 325 g/mol. The zero-order chi connectivity index (χ0) is 18.3. The number of aliphatic hydroxyl groups is 1. The molecule has 1 aromatic carbocycles. The van der Waals surface area contributed by atoms with E-state index in [1.807, 2.05) is 13.8 Å². The van der Waals surface area contributed by atoms with E-state index in [4.69, 9.17) is 4.42 Å². The van der Waals surface area contributed by atoms with Crippen molar-refractivity contribution in [1.82, 2.24) is 15.6 Å². The molecule has 2 amide bonds. The Bertz CT molecular complexity index is 687. The molecular formula is C18H24FN3O3. The number of carbonyl (C=O) groups is 1. The van der Waals surface area contributed by atoms with E-state index >= 15 is 0 Å². The Morgan fingerprint density at radius 2 is 2.08 bits per heavy atom. The van der Waals surface area contributed by atoms with Crippen molar-refractivity contribution in [2.45, 2.75) is 38.6 Å². The minimum atomic E-state index is -0.623. The Morgan fingerprint density at radius 3 is 2.72 bits per heavy atom. The molecule has 136 valence electrons. The summed E-state index contributed by atoms with van der Waals surface area (Å²) in [5, 5.41) is 14.9. The molecule has 0 spiro atoms. The van der Waals surface area contributed by atoms with Crippen LogP contribution >= 0.6 is 0 Å². The van der Waals surface area contributed by atoms with Gasteiger partial charge in [-0.25, -0.2) is 14.2 Å². The number of hydrogen-bond acceptors (Lipinski definition) is 4. The highest BCUT2D eigenvalue weighted by Gasteiger charge is 2.24. The van der Waals surface area contributed by atoms with Gasteiger partial charge in [-0.05, 0) is 37.6 Å². The van der Waals surface area contributed by atoms with Crippen molar-refractivity contribution in [3.05, 3.63) is 42.0 Å². The topological polar surface area (TPSA) is 87.4 Å². The molecule has 7 heteroatoms. The molecule has 2 rings (SSSR count). The Kier molecular flexibility index (Phi) is 6.52. The zero-order valence-corrected chi connectivity index (χ0v) is 14.5. The molecule has 0 aliphatic rings. The summed E-state index contributed by atoms with van der Waals surface area (Å²) in [6.07, 6.45) is 3.58. The van der Waals surface area contributed by atoms with Crippen molar-refractivity contribution >= 4 is 6.03 Å². The molecule has 1 heterocycles. The second kappa shape index (κ2) is 8.62. The van der Waals surface area contributed by atoms with Crippen LogP contribution in [-0.4, -0.2) is 34.8 Å². The summed E-state index contributed by atoms with van der Waals surface area (Å²) in [7, 11) is 0. The highest BCUT2D eigenvalue weighted by atomic mass is 19.1. The van der Waals surface area contributed by atoms with Crippen molar-refractivity contribution in [3.63, 3.8) is 0 Å². The third kappa shape index (κ3) is 5.56. The summed E-state index contributed by atoms with van der Waals surface area (Å²) in [4.78, 5) is 16.3. The minimum absolute atomic E-state index is 0.113. The third-order valence-electron chi connectivity index (χ3n) is 3.88. The van der Waals surface area contributed by atoms with Gasteiger partial charge < -0.3 is 20.2 Å². The molecule has 25 heavy (non-hydrogen) atoms. The minimum Gasteiger partial charge on any atom is -0.444 e. The van der Waals surface area contributed by atoms with Gasteiger partial charge in [-0.15, -0.1) is 0 Å². The Balaban J connectivity index is 1.82. The van der Waals surface area contributed by atoms with E-state index in [0.717, 1.165) is 6.42 Å². The van der Waals surface area contributed by atoms with Crippen LogP contribution in [0, 0.1) is 5.82 Å². The third-order valence-corrected chi connectivity index (χ3v) is 3.88. The molecule has 0 radical (unpaired) electrons. The smallest absolute Gasteiger partial charge is 0.315 e. The van der Waals surface area contributed by atoms with Gasteiger partial charge in [0.25, 0.3) is 0 Å². The van der Waals surface area contributed by atoms with Crippen LogP contribution in [0.25, 0.3) is 11.5 Å². The van der Waals surface area contributed by atoms with Crippen LogP contribution in [0.15, 0.2) is 34.9 Å². The molecule has 0 aliphatic heterocycles. The first-order valence-electron chi connectivity index (χ1n) is 8.33. The van der Waals surface area contributed by atoms with E-state index < -0.39 is 5.54 Å². The van der Waals surface area contributed by atoms with Crippen molar-refractivity contribution in [2.24, 2.45) is 0 Å². The van der Waals surface area contributed by atoms with E-state index in [0.29, 0.717) is 36.5 Å². The van der Waals surface area contributed by atoms with Gasteiger partial charge in [0.15, 0.2) is 0 Å². The molecule has 6 nitrogen and oxygen atoms in total. The monoisotopic (exact) mass is 349 g/mol. The lowest BCUT2D eigenvalue weighted by molar-refractivity contribution is 0.163. The van der Waals surface area contributed by atoms with Gasteiger partial charge in [-0.3, -0.25) is 0 Å². The molecule has 0 bridgehead atoms. The van der Waals surface area contributed by atoms with Gasteiger partial charge in [0, 0.05) is 18.5 Å². The largest absolute Gasteiger partial charge is 0.444 e. The lowest BCUT2D eigenvalue weighted by Crippen LogP contribution is -2.52. The summed E-state index contributed by atoms with van der Waals surface area (Å²) in [5.41, 5.74) is 0.761. The molecule has 1 unspecified atom stereocenters. The van der Waals surface area contributed by atoms with E-state index in [-0.39, 0.29) is 18.5 Å². The molecule has 0 aliphatic carbocycles. The van der Waals surface area contributed by atoms with E-state index in [1.54, 1.807) is 12.1 Å². The van der Waals surface area contributed by atoms with Crippen LogP contribution in [0.4, 0.5) is 9.18 Å². The molecule has 2 aromatic rings. The van der Waals surface area contributed by atoms with Crippen molar-refractivity contribution in [1.29, 1.82) is 0 Å². The fraction of sp³-hybridized carbons (Fsp3) is 0.444. The maximum absolute atomic E-state index is 12.9. The second-order valence-electron chi connectivity index (χ2n) is 6.25. The van der Waals surface area contributed by atoms with Gasteiger partial charge >= 0.3 is 6.03 Å². The number of aliphatic hydroxyl groups excluding tert-OH is 1. The highest BCUT2D eigenvalue weighted by Crippen LogP contribution is 2.19. The lowest BCUT2D eigenvalue weighted by Gasteiger charge is -2.28. The first-order valence-corrected chi connectivity index (χ1v) is 8.33. The number of nitrogens with zero attached hydrogens (tertiary/aromatic N) is 1. The molecule has 1 aromatic heterocycles. The van der Waals surface area contributed by atoms with Gasteiger partial charge in [0.2, 0.25) is 5.89 Å². The Labute approximate surface area is 146 Å². The maximum Gasteiger partial charge on any atom is 0.315 e. The first kappa shape index (κ1) is 18.9. The molecule has 1 atom stereocenters. The molecule has 3 N–H and O–H groups in total. The van der Waals surface area contributed by atoms with Gasteiger partial charge in [-0.1, -0.05) is 13.3 Å². The molecule has 0 fully saturated rings. The number of halogens is 1. The standard InChI is InChI=1S/C18H24FN3O3/c1-3-9-18(2,12-23)22-17(24)20-10-8-15-11-25-16(21-15)13-4-6-14(19)7-5-13/h4-7,11,23H,3,8-10,12H2,1-2H3,(H2,20,22,24). The van der Waals surface area contributed by atoms with Crippen LogP contribution in [0.2, 0.25) is 0 Å². The van der Waals surface area contributed by atoms with E-state index in [9.17, 15) is 14.3 Å². The zero-order valence-electron chi connectivity index (χ0n) is 14.5. The van der Waals surface area contributed by atoms with Crippen molar-refractivity contribution in [2.75, 3.05) is 13.2 Å². The average Bonchev–Trinajstić information content (AvgIpc) is 3.04. The predicted molar refractivity (Wildman–Crippen MR) is 92.5 cm³/mol. The lowest BCUT2D eigenvalue weighted by atomic mass is 9.98. The number of nitrogens with one attached hydrogen (secondary N) is 2. The van der Waals surface area contributed by atoms with Crippen LogP contribution in [0.1, 0.15) is 32.4 Å². The van der Waals surface area contributed by atoms with Crippen molar-refractivity contribution in [3.8, 4) is 11.5 Å². The Hall–Kier alpha value is -2.41. The summed E-state index contributed by atoms with van der Waals surface area (Å²) >= 11 is 0. The van der Waals surface area contributed by atoms with E-state index in [2.05, 4.69) is 15.6 Å². The number of benzene rings is 1. The molecule has 0 saturated heterocycles. The fourth-order valence-electron chi connectivity index (χ4n) is 2.50. The number of aromatic nitrogens is 1. The second-order valence-corrected chi connectivity index (χ2v) is 6.25. The van der Waals surface area contributed by atoms with Gasteiger partial charge in [0.1, 0.15) is 12.1 Å². The van der Waals surface area contributed by atoms with Crippen LogP contribution in [0.5, 0.6) is 0 Å². The first-order chi connectivity index (χ1) is 12.0. The van der Waals surface area contributed by atoms with Crippen LogP contribution in [0.3, 0.4) is 0 Å². The number of hydrogen-bond donors (Lipinski definition) is 3. The summed E-state index contributed by atoms with van der Waals surface area (Å²) in [6.45, 7) is 4.08. The van der Waals surface area contributed by atoms with E-state index in [1.165, 1.54) is 18.4 Å². The Morgan fingerprint density at radius 1 is 1.36 bits per heavy atom. The van der Waals surface area contributed by atoms with Crippen LogP contribution < -0.4 is 10.6 Å². The number of oxazole rings is 1. The fourth-order valence-corrected chi connectivity index (χ4v) is 2.50. The quantitative estimate of drug-likeness (QED) is 0.684. The van der Waals surface area contributed by atoms with Crippen molar-refractivity contribution < 1.29 is 18.7 Å². The number of carbonyl (C=O) groups excluding carboxylic acids is 1. The maximum atomic E-state index is 12.9. The summed E-state index contributed by atoms with van der Waals surface area (Å²) in [6, 6.07) is 5.56. The summed E-state index contributed by atoms with van der Waals surface area (Å²) < 4.78 is 18.3. The van der Waals surface area contributed by atoms with Gasteiger partial charge in [-0.2, -0.15) is 0 Å². The normalized spacial score (nSPS) is 13.3. The SMILES string of the molecule is CCCC(C)(CO)NC(=O)NCCc1coc(-c2ccc(F)cc2)n1. The van der Waals surface area contributed by atoms with Crippen LogP contribution in [-0.2, 0) is 6.42 Å². The number of rotatable bonds is 8. The van der Waals surface area contributed by atoms with Gasteiger partial charge in [0.05, 0.1) is 17.8 Å². The molecule has 0 saturated carbocycles. The number of amides is 2. The summed E-state index contributed by atoms with van der Waals surface area (Å²) in [5.74, 6) is 0.0962. The average molecular weight is 349 g/mol.